The van der Waals surface area contributed by atoms with E-state index in [1.54, 1.807) is 23.8 Å². The fraction of sp³-hybridized carbons (Fsp3) is 0.800. The van der Waals surface area contributed by atoms with Crippen molar-refractivity contribution < 1.29 is 52.8 Å². The fourth-order valence-corrected chi connectivity index (χ4v) is 7.60. The highest BCUT2D eigenvalue weighted by molar-refractivity contribution is 5.87. The van der Waals surface area contributed by atoms with E-state index in [1.165, 1.54) is 19.8 Å². The van der Waals surface area contributed by atoms with Crippen molar-refractivity contribution in [2.45, 2.75) is 132 Å². The Morgan fingerprint density at radius 2 is 1.39 bits per heavy atom. The zero-order valence-electron chi connectivity index (χ0n) is 44.3. The Balaban J connectivity index is 0. The van der Waals surface area contributed by atoms with Gasteiger partial charge in [-0.2, -0.15) is 0 Å². The van der Waals surface area contributed by atoms with Gasteiger partial charge in [0.25, 0.3) is 0 Å². The molecule has 7 atom stereocenters. The van der Waals surface area contributed by atoms with Crippen LogP contribution in [-0.4, -0.2) is 181 Å². The Hall–Kier alpha value is -3.26. The summed E-state index contributed by atoms with van der Waals surface area (Å²) in [5.74, 6) is 4.24. The maximum absolute atomic E-state index is 13.9. The van der Waals surface area contributed by atoms with E-state index in [0.29, 0.717) is 65.8 Å². The number of aryl methyl sites for hydroxylation is 1. The number of amides is 4. The van der Waals surface area contributed by atoms with Crippen LogP contribution < -0.4 is 16.5 Å². The number of hydrogen-bond donors (Lipinski definition) is 4. The van der Waals surface area contributed by atoms with Gasteiger partial charge in [-0.1, -0.05) is 112 Å². The highest BCUT2D eigenvalue weighted by Crippen LogP contribution is 2.29. The van der Waals surface area contributed by atoms with E-state index >= 15 is 0 Å². The maximum Gasteiger partial charge on any atom is 0.242 e. The number of benzene rings is 1. The molecule has 4 amide bonds. The lowest BCUT2D eigenvalue weighted by Crippen LogP contribution is -2.55. The lowest BCUT2D eigenvalue weighted by molar-refractivity contribution is -0.146. The van der Waals surface area contributed by atoms with Crippen LogP contribution in [-0.2, 0) is 47.7 Å². The van der Waals surface area contributed by atoms with Crippen molar-refractivity contribution in [3.8, 4) is 0 Å². The largest absolute Gasteiger partial charge is 0.395 e. The van der Waals surface area contributed by atoms with Gasteiger partial charge in [0.1, 0.15) is 0 Å². The number of ether oxygens (including phenoxy) is 5. The molecule has 17 heteroatoms. The number of carbonyl (C=O) groups excluding carboxylic acids is 4. The second-order valence-corrected chi connectivity index (χ2v) is 17.6. The van der Waals surface area contributed by atoms with Gasteiger partial charge < -0.3 is 54.1 Å². The molecule has 0 aliphatic carbocycles. The third-order valence-corrected chi connectivity index (χ3v) is 11.1. The molecule has 0 saturated carbocycles. The van der Waals surface area contributed by atoms with E-state index in [9.17, 15) is 19.2 Å². The third kappa shape index (κ3) is 28.1. The normalized spacial score (nSPS) is 16.0. The van der Waals surface area contributed by atoms with Crippen LogP contribution in [0.4, 0.5) is 0 Å². The van der Waals surface area contributed by atoms with Gasteiger partial charge in [-0.05, 0) is 44.6 Å². The monoisotopic (exact) mass is 957 g/mol. The lowest BCUT2D eigenvalue weighted by Gasteiger charge is -2.39. The standard InChI is InChI=1S/C37H72N6O11.C7H8.C4H10.C2H6/c1-10-27(4)34(30(49-8)24-31(45)43-14-11-12-29(43)35(50-9)28(5)36(47)39-13-16-44)42(7)32(46)25-40-37(48)33(26(2)3)41(6)15-17-51-18-19-52-20-21-53-22-23-54-38;1-7-5-3-2-4-6-7;1-4(2)3;1-2/h26-30,33-35,44H,10-25,38H2,1-9H3,(H,39,47)(H,40,48);2-6H,1H3;4H,1-3H3;1-2H3. The molecule has 2 rings (SSSR count). The SMILES string of the molecule is CC.CC(C)C.CCC(C)C(C(CC(=O)N1CCCC1C(OC)C(C)C(=O)NCCO)OC)N(C)C(=O)CNC(=O)C(C(C)C)N(C)CCOCCOCCOCCON.Cc1ccccc1. The molecule has 0 aromatic heterocycles. The first-order valence-corrected chi connectivity index (χ1v) is 24.5. The summed E-state index contributed by atoms with van der Waals surface area (Å²) < 4.78 is 28.1. The number of aliphatic hydroxyl groups excluding tert-OH is 1. The average molecular weight is 957 g/mol. The lowest BCUT2D eigenvalue weighted by atomic mass is 9.90. The molecule has 1 aliphatic rings. The number of likely N-dealkylation sites (tertiary alicyclic amines) is 1. The molecule has 7 unspecified atom stereocenters. The topological polar surface area (TPSA) is 204 Å². The zero-order valence-corrected chi connectivity index (χ0v) is 44.3. The van der Waals surface area contributed by atoms with Crippen LogP contribution >= 0.6 is 0 Å². The molecule has 1 aromatic carbocycles. The van der Waals surface area contributed by atoms with Gasteiger partial charge in [-0.25, -0.2) is 5.90 Å². The number of likely N-dealkylation sites (N-methyl/N-ethyl adjacent to an activating group) is 2. The fourth-order valence-electron chi connectivity index (χ4n) is 7.60. The summed E-state index contributed by atoms with van der Waals surface area (Å²) in [6.07, 6.45) is 1.06. The Bertz CT molecular complexity index is 1390. The molecule has 1 saturated heterocycles. The smallest absolute Gasteiger partial charge is 0.242 e. The summed E-state index contributed by atoms with van der Waals surface area (Å²) in [7, 11) is 6.61. The van der Waals surface area contributed by atoms with Crippen LogP contribution in [0.1, 0.15) is 100 Å². The molecule has 0 spiro atoms. The van der Waals surface area contributed by atoms with Crippen LogP contribution in [0, 0.1) is 30.6 Å². The Labute approximate surface area is 405 Å². The van der Waals surface area contributed by atoms with Crippen LogP contribution in [0.25, 0.3) is 0 Å². The Kier molecular flexibility index (Phi) is 39.9. The number of carbonyl (C=O) groups is 4. The minimum absolute atomic E-state index is 0.0199. The number of hydrogen-bond acceptors (Lipinski definition) is 13. The van der Waals surface area contributed by atoms with E-state index in [2.05, 4.69) is 55.3 Å². The summed E-state index contributed by atoms with van der Waals surface area (Å²) in [4.78, 5) is 63.4. The molecule has 1 aliphatic heterocycles. The van der Waals surface area contributed by atoms with Gasteiger partial charge in [0.05, 0.1) is 102 Å². The molecule has 5 N–H and O–H groups in total. The molecule has 1 aromatic rings. The number of aliphatic hydroxyl groups is 1. The quantitative estimate of drug-likeness (QED) is 0.0611. The molecular weight excluding hydrogens is 861 g/mol. The molecule has 0 bridgehead atoms. The predicted molar refractivity (Wildman–Crippen MR) is 266 cm³/mol. The summed E-state index contributed by atoms with van der Waals surface area (Å²) >= 11 is 0. The van der Waals surface area contributed by atoms with Crippen molar-refractivity contribution in [2.75, 3.05) is 107 Å². The number of nitrogens with zero attached hydrogens (tertiary/aromatic N) is 3. The number of rotatable bonds is 30. The van der Waals surface area contributed by atoms with Crippen molar-refractivity contribution >= 4 is 23.6 Å². The number of nitrogens with one attached hydrogen (secondary N) is 2. The molecule has 1 heterocycles. The molecule has 0 radical (unpaired) electrons. The Morgan fingerprint density at radius 3 is 1.85 bits per heavy atom. The van der Waals surface area contributed by atoms with Crippen LogP contribution in [0.3, 0.4) is 0 Å². The molecular formula is C50H96N6O11. The molecule has 67 heavy (non-hydrogen) atoms. The maximum atomic E-state index is 13.9. The van der Waals surface area contributed by atoms with Crippen LogP contribution in [0.5, 0.6) is 0 Å². The number of nitrogens with two attached hydrogens (primary N) is 1. The highest BCUT2D eigenvalue weighted by Gasteiger charge is 2.42. The first kappa shape index (κ1) is 65.8. The van der Waals surface area contributed by atoms with Crippen LogP contribution in [0.2, 0.25) is 0 Å². The summed E-state index contributed by atoms with van der Waals surface area (Å²) in [6, 6.07) is 9.02. The minimum atomic E-state index is -0.616. The van der Waals surface area contributed by atoms with Gasteiger partial charge in [0.15, 0.2) is 0 Å². The van der Waals surface area contributed by atoms with Crippen LogP contribution in [0.15, 0.2) is 30.3 Å². The first-order valence-electron chi connectivity index (χ1n) is 24.5. The summed E-state index contributed by atoms with van der Waals surface area (Å²) in [5.41, 5.74) is 1.32. The van der Waals surface area contributed by atoms with Crippen molar-refractivity contribution in [2.24, 2.45) is 29.6 Å². The molecule has 392 valence electrons. The van der Waals surface area contributed by atoms with Crippen molar-refractivity contribution in [3.05, 3.63) is 35.9 Å². The second-order valence-electron chi connectivity index (χ2n) is 17.6. The van der Waals surface area contributed by atoms with Crippen molar-refractivity contribution in [3.63, 3.8) is 0 Å². The van der Waals surface area contributed by atoms with Gasteiger partial charge in [-0.15, -0.1) is 0 Å². The molecule has 1 fully saturated rings. The highest BCUT2D eigenvalue weighted by atomic mass is 16.6. The van der Waals surface area contributed by atoms with E-state index in [-0.39, 0.29) is 67.6 Å². The van der Waals surface area contributed by atoms with E-state index < -0.39 is 30.2 Å². The summed E-state index contributed by atoms with van der Waals surface area (Å²) in [5, 5.41) is 14.7. The Morgan fingerprint density at radius 1 is 0.836 bits per heavy atom. The zero-order chi connectivity index (χ0) is 51.3. The number of methoxy groups -OCH3 is 2. The van der Waals surface area contributed by atoms with Crippen molar-refractivity contribution in [1.29, 1.82) is 0 Å². The van der Waals surface area contributed by atoms with Gasteiger partial charge in [0.2, 0.25) is 23.6 Å². The summed E-state index contributed by atoms with van der Waals surface area (Å²) in [6.45, 7) is 25.9. The predicted octanol–water partition coefficient (Wildman–Crippen LogP) is 4.71. The minimum Gasteiger partial charge on any atom is -0.395 e. The van der Waals surface area contributed by atoms with Gasteiger partial charge >= 0.3 is 0 Å². The molecule has 17 nitrogen and oxygen atoms in total. The van der Waals surface area contributed by atoms with Gasteiger partial charge in [-0.3, -0.25) is 24.1 Å². The second kappa shape index (κ2) is 40.6. The van der Waals surface area contributed by atoms with E-state index in [0.717, 1.165) is 18.8 Å². The first-order chi connectivity index (χ1) is 31.9. The van der Waals surface area contributed by atoms with E-state index in [4.69, 9.17) is 34.7 Å². The van der Waals surface area contributed by atoms with Crippen molar-refractivity contribution in [1.82, 2.24) is 25.3 Å². The third-order valence-electron chi connectivity index (χ3n) is 11.1. The van der Waals surface area contributed by atoms with Gasteiger partial charge in [0, 0.05) is 40.9 Å². The van der Waals surface area contributed by atoms with E-state index in [1.807, 2.05) is 71.7 Å². The average Bonchev–Trinajstić information content (AvgIpc) is 3.79.